The Balaban J connectivity index is 1.97. The summed E-state index contributed by atoms with van der Waals surface area (Å²) in [4.78, 5) is 15.3. The number of ketones is 1. The molecule has 0 radical (unpaired) electrons. The minimum atomic E-state index is -0.188. The van der Waals surface area contributed by atoms with Gasteiger partial charge in [-0.1, -0.05) is 60.1 Å². The van der Waals surface area contributed by atoms with Crippen LogP contribution in [0.2, 0.25) is 0 Å². The van der Waals surface area contributed by atoms with Crippen molar-refractivity contribution in [3.63, 3.8) is 0 Å². The number of fused-ring (bicyclic) bond motifs is 1. The summed E-state index contributed by atoms with van der Waals surface area (Å²) in [5.74, 6) is 0.572. The summed E-state index contributed by atoms with van der Waals surface area (Å²) >= 11 is 3.77. The molecule has 0 amide bonds. The van der Waals surface area contributed by atoms with E-state index in [1.807, 2.05) is 36.7 Å². The highest BCUT2D eigenvalue weighted by molar-refractivity contribution is 9.09. The number of Topliss-reactive ketones (excluding diaryl/α,β-unsaturated/α-hetero) is 1. The fraction of sp³-hybridized carbons (Fsp3) is 0.316. The van der Waals surface area contributed by atoms with Crippen molar-refractivity contribution in [1.82, 2.24) is 10.2 Å². The van der Waals surface area contributed by atoms with Crippen LogP contribution in [0.1, 0.15) is 19.4 Å². The SMILES string of the molecule is CC(C)[C@@H](Br)N1C=C2C=CNC=C2C(=O)[C@@H]1Cc1ccccc1. The van der Waals surface area contributed by atoms with Crippen LogP contribution in [-0.4, -0.2) is 21.7 Å². The molecule has 0 saturated heterocycles. The average Bonchev–Trinajstić information content (AvgIpc) is 2.57. The largest absolute Gasteiger partial charge is 0.367 e. The van der Waals surface area contributed by atoms with Crippen LogP contribution in [0.5, 0.6) is 0 Å². The first-order valence-corrected chi connectivity index (χ1v) is 8.84. The van der Waals surface area contributed by atoms with Crippen molar-refractivity contribution in [1.29, 1.82) is 0 Å². The molecular weight excluding hydrogens is 352 g/mol. The van der Waals surface area contributed by atoms with Gasteiger partial charge in [0.1, 0.15) is 0 Å². The summed E-state index contributed by atoms with van der Waals surface area (Å²) in [6.07, 6.45) is 8.44. The van der Waals surface area contributed by atoms with E-state index in [-0.39, 0.29) is 16.8 Å². The Morgan fingerprint density at radius 1 is 1.26 bits per heavy atom. The maximum absolute atomic E-state index is 13.1. The van der Waals surface area contributed by atoms with Gasteiger partial charge in [-0.25, -0.2) is 0 Å². The highest BCUT2D eigenvalue weighted by Crippen LogP contribution is 2.32. The van der Waals surface area contributed by atoms with Gasteiger partial charge in [-0.05, 0) is 17.6 Å². The minimum absolute atomic E-state index is 0.123. The highest BCUT2D eigenvalue weighted by atomic mass is 79.9. The summed E-state index contributed by atoms with van der Waals surface area (Å²) in [6.45, 7) is 4.32. The van der Waals surface area contributed by atoms with Crippen LogP contribution < -0.4 is 5.32 Å². The number of nitrogens with zero attached hydrogens (tertiary/aromatic N) is 1. The predicted molar refractivity (Wildman–Crippen MR) is 96.8 cm³/mol. The van der Waals surface area contributed by atoms with Gasteiger partial charge in [0.05, 0.1) is 11.0 Å². The van der Waals surface area contributed by atoms with Crippen LogP contribution in [0.25, 0.3) is 0 Å². The molecule has 0 fully saturated rings. The first-order valence-electron chi connectivity index (χ1n) is 7.92. The number of carbonyl (C=O) groups excluding carboxylic acids is 1. The Hall–Kier alpha value is -1.81. The molecule has 1 aromatic rings. The number of carbonyl (C=O) groups is 1. The number of alkyl halides is 1. The summed E-state index contributed by atoms with van der Waals surface area (Å²) in [6, 6.07) is 10.0. The number of allylic oxidation sites excluding steroid dienone is 2. The summed E-state index contributed by atoms with van der Waals surface area (Å²) in [5.41, 5.74) is 2.92. The molecule has 0 spiro atoms. The quantitative estimate of drug-likeness (QED) is 0.645. The van der Waals surface area contributed by atoms with E-state index in [9.17, 15) is 4.79 Å². The Morgan fingerprint density at radius 2 is 2.00 bits per heavy atom. The Morgan fingerprint density at radius 3 is 2.70 bits per heavy atom. The number of benzene rings is 1. The van der Waals surface area contributed by atoms with Gasteiger partial charge in [0.15, 0.2) is 5.78 Å². The smallest absolute Gasteiger partial charge is 0.187 e. The predicted octanol–water partition coefficient (Wildman–Crippen LogP) is 3.74. The third-order valence-corrected chi connectivity index (χ3v) is 5.75. The monoisotopic (exact) mass is 372 g/mol. The van der Waals surface area contributed by atoms with E-state index in [4.69, 9.17) is 0 Å². The molecular formula is C19H21BrN2O. The first-order chi connectivity index (χ1) is 11.1. The molecule has 23 heavy (non-hydrogen) atoms. The minimum Gasteiger partial charge on any atom is -0.367 e. The molecule has 0 bridgehead atoms. The molecule has 0 aliphatic carbocycles. The molecule has 0 aromatic heterocycles. The highest BCUT2D eigenvalue weighted by Gasteiger charge is 2.36. The van der Waals surface area contributed by atoms with Gasteiger partial charge in [-0.3, -0.25) is 4.79 Å². The van der Waals surface area contributed by atoms with Crippen molar-refractivity contribution in [2.45, 2.75) is 31.3 Å². The molecule has 4 heteroatoms. The van der Waals surface area contributed by atoms with Crippen LogP contribution >= 0.6 is 15.9 Å². The lowest BCUT2D eigenvalue weighted by atomic mass is 9.88. The van der Waals surface area contributed by atoms with E-state index in [0.29, 0.717) is 12.3 Å². The fourth-order valence-electron chi connectivity index (χ4n) is 2.96. The van der Waals surface area contributed by atoms with E-state index in [0.717, 1.165) is 11.1 Å². The lowest BCUT2D eigenvalue weighted by Gasteiger charge is -2.40. The number of rotatable bonds is 4. The van der Waals surface area contributed by atoms with Gasteiger partial charge < -0.3 is 10.2 Å². The number of hydrogen-bond acceptors (Lipinski definition) is 3. The number of nitrogens with one attached hydrogen (secondary N) is 1. The molecule has 2 heterocycles. The van der Waals surface area contributed by atoms with Gasteiger partial charge in [-0.2, -0.15) is 0 Å². The van der Waals surface area contributed by atoms with Gasteiger partial charge >= 0.3 is 0 Å². The van der Waals surface area contributed by atoms with Crippen LogP contribution in [0.4, 0.5) is 0 Å². The molecule has 3 rings (SSSR count). The van der Waals surface area contributed by atoms with E-state index in [1.54, 1.807) is 0 Å². The second-order valence-corrected chi connectivity index (χ2v) is 7.21. The summed E-state index contributed by atoms with van der Waals surface area (Å²) in [7, 11) is 0. The summed E-state index contributed by atoms with van der Waals surface area (Å²) < 4.78 is 0. The lowest BCUT2D eigenvalue weighted by molar-refractivity contribution is -0.120. The lowest BCUT2D eigenvalue weighted by Crippen LogP contribution is -2.48. The molecule has 1 N–H and O–H groups in total. The fourth-order valence-corrected chi connectivity index (χ4v) is 3.36. The molecule has 2 aliphatic heterocycles. The van der Waals surface area contributed by atoms with Gasteiger partial charge in [-0.15, -0.1) is 0 Å². The molecule has 2 aliphatic rings. The third kappa shape index (κ3) is 3.27. The molecule has 120 valence electrons. The van der Waals surface area contributed by atoms with Crippen molar-refractivity contribution >= 4 is 21.7 Å². The Labute approximate surface area is 145 Å². The van der Waals surface area contributed by atoms with Gasteiger partial charge in [0.2, 0.25) is 0 Å². The molecule has 1 aromatic carbocycles. The molecule has 0 saturated carbocycles. The Kier molecular flexibility index (Phi) is 4.71. The van der Waals surface area contributed by atoms with E-state index in [1.165, 1.54) is 5.56 Å². The first kappa shape index (κ1) is 16.1. The zero-order valence-electron chi connectivity index (χ0n) is 13.4. The summed E-state index contributed by atoms with van der Waals surface area (Å²) in [5, 5.41) is 3.03. The zero-order chi connectivity index (χ0) is 16.4. The van der Waals surface area contributed by atoms with Crippen LogP contribution in [0.3, 0.4) is 0 Å². The molecule has 3 nitrogen and oxygen atoms in total. The van der Waals surface area contributed by atoms with Crippen LogP contribution in [0, 0.1) is 5.92 Å². The second kappa shape index (κ2) is 6.75. The van der Waals surface area contributed by atoms with Crippen molar-refractivity contribution in [2.75, 3.05) is 0 Å². The van der Waals surface area contributed by atoms with Crippen molar-refractivity contribution < 1.29 is 4.79 Å². The Bertz CT molecular complexity index is 676. The standard InChI is InChI=1S/C19H21BrN2O/c1-13(2)19(20)22-12-15-8-9-21-11-16(15)18(23)17(22)10-14-6-4-3-5-7-14/h3-9,11-13,17,19,21H,10H2,1-2H3/t17-,19-/m0/s1. The topological polar surface area (TPSA) is 32.3 Å². The average molecular weight is 373 g/mol. The van der Waals surface area contributed by atoms with Crippen molar-refractivity contribution in [3.05, 3.63) is 71.7 Å². The van der Waals surface area contributed by atoms with Crippen LogP contribution in [0.15, 0.2) is 66.2 Å². The second-order valence-electron chi connectivity index (χ2n) is 6.28. The van der Waals surface area contributed by atoms with E-state index >= 15 is 0 Å². The maximum atomic E-state index is 13.1. The van der Waals surface area contributed by atoms with E-state index in [2.05, 4.69) is 58.3 Å². The molecule has 2 atom stereocenters. The third-order valence-electron chi connectivity index (χ3n) is 4.22. The molecule has 0 unspecified atom stereocenters. The number of hydrogen-bond donors (Lipinski definition) is 1. The van der Waals surface area contributed by atoms with Crippen LogP contribution in [-0.2, 0) is 11.2 Å². The zero-order valence-corrected chi connectivity index (χ0v) is 15.0. The normalized spacial score (nSPS) is 21.5. The van der Waals surface area contributed by atoms with Gasteiger partial charge in [0, 0.05) is 36.2 Å². The maximum Gasteiger partial charge on any atom is 0.187 e. The number of halogens is 1. The number of dihydropyridines is 1. The van der Waals surface area contributed by atoms with Gasteiger partial charge in [0.25, 0.3) is 0 Å². The van der Waals surface area contributed by atoms with Crippen molar-refractivity contribution in [3.8, 4) is 0 Å². The van der Waals surface area contributed by atoms with Crippen molar-refractivity contribution in [2.24, 2.45) is 5.92 Å². The van der Waals surface area contributed by atoms with E-state index < -0.39 is 0 Å².